The third-order valence-electron chi connectivity index (χ3n) is 4.63. The molecule has 0 bridgehead atoms. The van der Waals surface area contributed by atoms with Gasteiger partial charge in [-0.15, -0.1) is 0 Å². The quantitative estimate of drug-likeness (QED) is 0.712. The van der Waals surface area contributed by atoms with E-state index in [9.17, 15) is 8.42 Å². The first-order chi connectivity index (χ1) is 12.4. The lowest BCUT2D eigenvalue weighted by Gasteiger charge is -2.22. The van der Waals surface area contributed by atoms with Gasteiger partial charge in [0.1, 0.15) is 5.76 Å². The summed E-state index contributed by atoms with van der Waals surface area (Å²) >= 11 is 3.42. The van der Waals surface area contributed by atoms with Gasteiger partial charge in [-0.05, 0) is 50.1 Å². The Labute approximate surface area is 163 Å². The van der Waals surface area contributed by atoms with Crippen LogP contribution in [0.2, 0.25) is 0 Å². The maximum atomic E-state index is 13.2. The molecule has 142 valence electrons. The summed E-state index contributed by atoms with van der Waals surface area (Å²) in [5.74, 6) is 0.793. The predicted octanol–water partition coefficient (Wildman–Crippen LogP) is 3.20. The van der Waals surface area contributed by atoms with Crippen molar-refractivity contribution in [1.29, 1.82) is 0 Å². The van der Waals surface area contributed by atoms with Gasteiger partial charge in [0.05, 0.1) is 10.6 Å². The lowest BCUT2D eigenvalue weighted by molar-refractivity contribution is 0.268. The van der Waals surface area contributed by atoms with E-state index < -0.39 is 10.0 Å². The Morgan fingerprint density at radius 3 is 2.69 bits per heavy atom. The van der Waals surface area contributed by atoms with Crippen LogP contribution in [-0.2, 0) is 23.0 Å². The summed E-state index contributed by atoms with van der Waals surface area (Å²) in [5, 5.41) is 4.03. The van der Waals surface area contributed by atoms with Crippen molar-refractivity contribution in [3.05, 3.63) is 45.8 Å². The Balaban J connectivity index is 1.73. The highest BCUT2D eigenvalue weighted by Gasteiger charge is 2.28. The van der Waals surface area contributed by atoms with E-state index in [0.717, 1.165) is 34.5 Å². The van der Waals surface area contributed by atoms with E-state index in [-0.39, 0.29) is 0 Å². The van der Waals surface area contributed by atoms with E-state index in [0.29, 0.717) is 37.5 Å². The van der Waals surface area contributed by atoms with Gasteiger partial charge in [0.15, 0.2) is 0 Å². The number of aryl methyl sites for hydroxylation is 2. The molecule has 1 aromatic heterocycles. The monoisotopic (exact) mass is 441 g/mol. The number of halogens is 1. The van der Waals surface area contributed by atoms with Gasteiger partial charge in [0.25, 0.3) is 0 Å². The number of benzene rings is 1. The zero-order valence-electron chi connectivity index (χ0n) is 15.1. The minimum atomic E-state index is -3.49. The molecule has 1 fully saturated rings. The Morgan fingerprint density at radius 2 is 2.00 bits per heavy atom. The molecule has 0 aliphatic carbocycles. The molecule has 1 aliphatic heterocycles. The van der Waals surface area contributed by atoms with Crippen LogP contribution < -0.4 is 0 Å². The zero-order valence-corrected chi connectivity index (χ0v) is 17.5. The Morgan fingerprint density at radius 1 is 1.19 bits per heavy atom. The Kier molecular flexibility index (Phi) is 6.17. The van der Waals surface area contributed by atoms with Crippen LogP contribution in [0.15, 0.2) is 38.2 Å². The molecule has 0 amide bonds. The van der Waals surface area contributed by atoms with E-state index in [1.54, 1.807) is 16.4 Å². The topological polar surface area (TPSA) is 66.7 Å². The number of rotatable bonds is 5. The van der Waals surface area contributed by atoms with E-state index >= 15 is 0 Å². The second-order valence-corrected chi connectivity index (χ2v) is 9.39. The molecule has 8 heteroatoms. The molecule has 2 heterocycles. The van der Waals surface area contributed by atoms with Crippen molar-refractivity contribution in [3.63, 3.8) is 0 Å². The highest BCUT2D eigenvalue weighted by molar-refractivity contribution is 9.10. The van der Waals surface area contributed by atoms with Crippen LogP contribution in [0.4, 0.5) is 0 Å². The molecule has 0 spiro atoms. The van der Waals surface area contributed by atoms with Crippen molar-refractivity contribution >= 4 is 26.0 Å². The van der Waals surface area contributed by atoms with E-state index in [1.165, 1.54) is 0 Å². The Hall–Kier alpha value is -1.22. The number of sulfonamides is 1. The molecule has 0 atom stereocenters. The number of nitrogens with zero attached hydrogens (tertiary/aromatic N) is 3. The van der Waals surface area contributed by atoms with Crippen molar-refractivity contribution < 1.29 is 12.9 Å². The van der Waals surface area contributed by atoms with Gasteiger partial charge in [-0.25, -0.2) is 8.42 Å². The van der Waals surface area contributed by atoms with Crippen molar-refractivity contribution in [3.8, 4) is 0 Å². The maximum absolute atomic E-state index is 13.2. The maximum Gasteiger partial charge on any atom is 0.243 e. The lowest BCUT2D eigenvalue weighted by Crippen LogP contribution is -2.35. The fourth-order valence-corrected chi connectivity index (χ4v) is 5.44. The first-order valence-corrected chi connectivity index (χ1v) is 11.1. The van der Waals surface area contributed by atoms with E-state index in [1.807, 2.05) is 26.0 Å². The number of hydrogen-bond donors (Lipinski definition) is 0. The van der Waals surface area contributed by atoms with Crippen LogP contribution in [0.3, 0.4) is 0 Å². The van der Waals surface area contributed by atoms with E-state index in [2.05, 4.69) is 26.0 Å². The predicted molar refractivity (Wildman–Crippen MR) is 103 cm³/mol. The molecule has 2 aromatic rings. The molecule has 0 radical (unpaired) electrons. The van der Waals surface area contributed by atoms with Gasteiger partial charge in [-0.2, -0.15) is 4.31 Å². The minimum Gasteiger partial charge on any atom is -0.361 e. The summed E-state index contributed by atoms with van der Waals surface area (Å²) < 4.78 is 34.0. The molecule has 6 nitrogen and oxygen atoms in total. The van der Waals surface area contributed by atoms with Crippen molar-refractivity contribution in [2.75, 3.05) is 26.2 Å². The van der Waals surface area contributed by atoms with Gasteiger partial charge in [0, 0.05) is 36.7 Å². The molecule has 1 aliphatic rings. The van der Waals surface area contributed by atoms with Gasteiger partial charge in [-0.1, -0.05) is 28.0 Å². The smallest absolute Gasteiger partial charge is 0.243 e. The summed E-state index contributed by atoms with van der Waals surface area (Å²) in [4.78, 5) is 2.65. The molecule has 0 saturated carbocycles. The average molecular weight is 442 g/mol. The first-order valence-electron chi connectivity index (χ1n) is 8.83. The van der Waals surface area contributed by atoms with Crippen LogP contribution in [0.5, 0.6) is 0 Å². The van der Waals surface area contributed by atoms with Crippen molar-refractivity contribution in [2.45, 2.75) is 38.1 Å². The van der Waals surface area contributed by atoms with Crippen LogP contribution >= 0.6 is 15.9 Å². The average Bonchev–Trinajstić information content (AvgIpc) is 2.86. The van der Waals surface area contributed by atoms with Crippen LogP contribution in [0.1, 0.15) is 30.4 Å². The fourth-order valence-electron chi connectivity index (χ4n) is 3.28. The van der Waals surface area contributed by atoms with Gasteiger partial charge >= 0.3 is 0 Å². The molecule has 1 saturated heterocycles. The second-order valence-electron chi connectivity index (χ2n) is 6.57. The molecule has 0 N–H and O–H groups in total. The van der Waals surface area contributed by atoms with Crippen LogP contribution in [0, 0.1) is 6.92 Å². The first kappa shape index (κ1) is 19.5. The second kappa shape index (κ2) is 8.21. The molecule has 0 unspecified atom stereocenters. The Bertz CT molecular complexity index is 866. The van der Waals surface area contributed by atoms with Crippen LogP contribution in [-0.4, -0.2) is 49.0 Å². The zero-order chi connectivity index (χ0) is 18.7. The lowest BCUT2D eigenvalue weighted by atomic mass is 10.2. The van der Waals surface area contributed by atoms with Crippen molar-refractivity contribution in [1.82, 2.24) is 14.4 Å². The highest BCUT2D eigenvalue weighted by atomic mass is 79.9. The van der Waals surface area contributed by atoms with Crippen molar-refractivity contribution in [2.24, 2.45) is 0 Å². The summed E-state index contributed by atoms with van der Waals surface area (Å²) in [7, 11) is -3.49. The highest BCUT2D eigenvalue weighted by Crippen LogP contribution is 2.25. The van der Waals surface area contributed by atoms with Gasteiger partial charge in [-0.3, -0.25) is 4.90 Å². The van der Waals surface area contributed by atoms with Gasteiger partial charge in [0.2, 0.25) is 10.0 Å². The summed E-state index contributed by atoms with van der Waals surface area (Å²) in [6, 6.07) is 7.32. The standard InChI is InChI=1S/C18H24BrN3O3S/c1-3-15-12-16(19)5-6-18(15)26(23,24)22-8-4-7-21(9-10-22)13-17-11-14(2)25-20-17/h5-6,11-12H,3-4,7-10,13H2,1-2H3. The number of aromatic nitrogens is 1. The van der Waals surface area contributed by atoms with Gasteiger partial charge < -0.3 is 4.52 Å². The summed E-state index contributed by atoms with van der Waals surface area (Å²) in [6.45, 7) is 7.08. The molecule has 26 heavy (non-hydrogen) atoms. The minimum absolute atomic E-state index is 0.420. The van der Waals surface area contributed by atoms with Crippen LogP contribution in [0.25, 0.3) is 0 Å². The summed E-state index contributed by atoms with van der Waals surface area (Å²) in [5.41, 5.74) is 1.73. The number of hydrogen-bond acceptors (Lipinski definition) is 5. The third kappa shape index (κ3) is 4.36. The molecular formula is C18H24BrN3O3S. The summed E-state index contributed by atoms with van der Waals surface area (Å²) in [6.07, 6.45) is 1.48. The molecule has 1 aromatic carbocycles. The van der Waals surface area contributed by atoms with E-state index in [4.69, 9.17) is 4.52 Å². The SMILES string of the molecule is CCc1cc(Br)ccc1S(=O)(=O)N1CCCN(Cc2cc(C)on2)CC1. The normalized spacial score (nSPS) is 17.3. The third-order valence-corrected chi connectivity index (χ3v) is 7.12. The fraction of sp³-hybridized carbons (Fsp3) is 0.500. The molecular weight excluding hydrogens is 418 g/mol. The largest absolute Gasteiger partial charge is 0.361 e. The molecule has 3 rings (SSSR count).